The fourth-order valence-corrected chi connectivity index (χ4v) is 0.566. The molecule has 0 spiro atoms. The van der Waals surface area contributed by atoms with Crippen molar-refractivity contribution in [1.29, 1.82) is 0 Å². The summed E-state index contributed by atoms with van der Waals surface area (Å²) in [6.07, 6.45) is 0.185. The van der Waals surface area contributed by atoms with Gasteiger partial charge in [0.05, 0.1) is 19.3 Å². The van der Waals surface area contributed by atoms with Crippen LogP contribution in [0.15, 0.2) is 0 Å². The number of rotatable bonds is 7. The van der Waals surface area contributed by atoms with Gasteiger partial charge in [0.25, 0.3) is 0 Å². The third-order valence-electron chi connectivity index (χ3n) is 1.30. The van der Waals surface area contributed by atoms with Crippen molar-refractivity contribution in [1.82, 2.24) is 10.9 Å². The molecule has 1 unspecified atom stereocenters. The standard InChI is InChI=1S/C7H18N2O2/c1-7(10-3)6-11-5-4-9-8-2/h7-9H,4-6H2,1-3H3. The Kier molecular flexibility index (Phi) is 7.83. The molecule has 2 N–H and O–H groups in total. The molecule has 0 heterocycles. The summed E-state index contributed by atoms with van der Waals surface area (Å²) in [6, 6.07) is 0. The molecule has 0 aromatic heterocycles. The van der Waals surface area contributed by atoms with Crippen molar-refractivity contribution in [3.8, 4) is 0 Å². The number of ether oxygens (including phenoxy) is 2. The molecule has 0 amide bonds. The summed E-state index contributed by atoms with van der Waals surface area (Å²) in [4.78, 5) is 0. The third kappa shape index (κ3) is 7.74. The van der Waals surface area contributed by atoms with Gasteiger partial charge >= 0.3 is 0 Å². The van der Waals surface area contributed by atoms with Crippen LogP contribution >= 0.6 is 0 Å². The predicted octanol–water partition coefficient (Wildman–Crippen LogP) is -0.238. The molecule has 0 saturated carbocycles. The van der Waals surface area contributed by atoms with E-state index in [1.165, 1.54) is 0 Å². The van der Waals surface area contributed by atoms with Gasteiger partial charge in [-0.05, 0) is 14.0 Å². The molecular formula is C7H18N2O2. The minimum Gasteiger partial charge on any atom is -0.379 e. The fourth-order valence-electron chi connectivity index (χ4n) is 0.566. The summed E-state index contributed by atoms with van der Waals surface area (Å²) >= 11 is 0. The van der Waals surface area contributed by atoms with Crippen LogP contribution in [0.3, 0.4) is 0 Å². The first-order valence-electron chi connectivity index (χ1n) is 3.81. The quantitative estimate of drug-likeness (QED) is 0.400. The highest BCUT2D eigenvalue weighted by atomic mass is 16.5. The van der Waals surface area contributed by atoms with Crippen LogP contribution in [0.1, 0.15) is 6.92 Å². The Morgan fingerprint density at radius 2 is 2.18 bits per heavy atom. The van der Waals surface area contributed by atoms with Crippen molar-refractivity contribution in [3.63, 3.8) is 0 Å². The number of hydrazine groups is 1. The molecule has 0 aliphatic carbocycles. The van der Waals surface area contributed by atoms with E-state index in [9.17, 15) is 0 Å². The van der Waals surface area contributed by atoms with Gasteiger partial charge in [-0.3, -0.25) is 10.9 Å². The van der Waals surface area contributed by atoms with Gasteiger partial charge in [0.15, 0.2) is 0 Å². The largest absolute Gasteiger partial charge is 0.379 e. The average Bonchev–Trinajstić information content (AvgIpc) is 2.04. The number of methoxy groups -OCH3 is 1. The normalized spacial score (nSPS) is 13.4. The van der Waals surface area contributed by atoms with Crippen LogP contribution in [0, 0.1) is 0 Å². The smallest absolute Gasteiger partial charge is 0.0776 e. The van der Waals surface area contributed by atoms with E-state index in [1.54, 1.807) is 7.11 Å². The highest BCUT2D eigenvalue weighted by Crippen LogP contribution is 1.87. The van der Waals surface area contributed by atoms with Crippen molar-refractivity contribution in [3.05, 3.63) is 0 Å². The summed E-state index contributed by atoms with van der Waals surface area (Å²) in [5.74, 6) is 0. The third-order valence-corrected chi connectivity index (χ3v) is 1.30. The zero-order valence-electron chi connectivity index (χ0n) is 7.52. The van der Waals surface area contributed by atoms with Gasteiger partial charge in [-0.2, -0.15) is 0 Å². The lowest BCUT2D eigenvalue weighted by Crippen LogP contribution is -2.31. The fraction of sp³-hybridized carbons (Fsp3) is 1.00. The van der Waals surface area contributed by atoms with Crippen LogP contribution in [0.2, 0.25) is 0 Å². The van der Waals surface area contributed by atoms with Gasteiger partial charge < -0.3 is 9.47 Å². The monoisotopic (exact) mass is 162 g/mol. The van der Waals surface area contributed by atoms with Gasteiger partial charge in [-0.15, -0.1) is 0 Å². The molecule has 0 aromatic rings. The van der Waals surface area contributed by atoms with E-state index in [2.05, 4.69) is 10.9 Å². The molecule has 0 aliphatic heterocycles. The van der Waals surface area contributed by atoms with Crippen molar-refractivity contribution in [2.24, 2.45) is 0 Å². The molecule has 4 heteroatoms. The lowest BCUT2D eigenvalue weighted by Gasteiger charge is -2.09. The molecule has 0 radical (unpaired) electrons. The van der Waals surface area contributed by atoms with Gasteiger partial charge in [-0.25, -0.2) is 0 Å². The molecule has 68 valence electrons. The van der Waals surface area contributed by atoms with Crippen molar-refractivity contribution in [2.75, 3.05) is 33.9 Å². The Labute approximate surface area is 68.2 Å². The summed E-state index contributed by atoms with van der Waals surface area (Å²) in [5.41, 5.74) is 5.73. The molecule has 0 fully saturated rings. The maximum Gasteiger partial charge on any atom is 0.0776 e. The van der Waals surface area contributed by atoms with Crippen molar-refractivity contribution < 1.29 is 9.47 Å². The van der Waals surface area contributed by atoms with Crippen molar-refractivity contribution in [2.45, 2.75) is 13.0 Å². The SMILES string of the molecule is CNNCCOCC(C)OC. The molecule has 0 bridgehead atoms. The molecule has 4 nitrogen and oxygen atoms in total. The first kappa shape index (κ1) is 10.8. The lowest BCUT2D eigenvalue weighted by molar-refractivity contribution is 0.0192. The van der Waals surface area contributed by atoms with E-state index >= 15 is 0 Å². The van der Waals surface area contributed by atoms with E-state index < -0.39 is 0 Å². The maximum atomic E-state index is 5.26. The second-order valence-electron chi connectivity index (χ2n) is 2.30. The van der Waals surface area contributed by atoms with Crippen molar-refractivity contribution >= 4 is 0 Å². The second-order valence-corrected chi connectivity index (χ2v) is 2.30. The zero-order valence-corrected chi connectivity index (χ0v) is 7.52. The van der Waals surface area contributed by atoms with Crippen LogP contribution in [0.25, 0.3) is 0 Å². The lowest BCUT2D eigenvalue weighted by atomic mass is 10.4. The van der Waals surface area contributed by atoms with Crippen LogP contribution < -0.4 is 10.9 Å². The number of hydrogen-bond donors (Lipinski definition) is 2. The molecular weight excluding hydrogens is 144 g/mol. The zero-order chi connectivity index (χ0) is 8.53. The summed E-state index contributed by atoms with van der Waals surface area (Å²) in [5, 5.41) is 0. The molecule has 11 heavy (non-hydrogen) atoms. The minimum absolute atomic E-state index is 0.185. The summed E-state index contributed by atoms with van der Waals surface area (Å²) in [7, 11) is 3.51. The first-order valence-corrected chi connectivity index (χ1v) is 3.81. The Hall–Kier alpha value is -0.160. The summed E-state index contributed by atoms with van der Waals surface area (Å²) in [6.45, 7) is 4.15. The Bertz CT molecular complexity index is 80.8. The summed E-state index contributed by atoms with van der Waals surface area (Å²) < 4.78 is 10.3. The Morgan fingerprint density at radius 3 is 2.73 bits per heavy atom. The van der Waals surface area contributed by atoms with E-state index in [0.29, 0.717) is 13.2 Å². The van der Waals surface area contributed by atoms with Gasteiger partial charge in [0.1, 0.15) is 0 Å². The molecule has 0 rings (SSSR count). The predicted molar refractivity (Wildman–Crippen MR) is 44.4 cm³/mol. The maximum absolute atomic E-state index is 5.26. The van der Waals surface area contributed by atoms with Crippen LogP contribution in [0.4, 0.5) is 0 Å². The average molecular weight is 162 g/mol. The van der Waals surface area contributed by atoms with E-state index in [1.807, 2.05) is 14.0 Å². The Balaban J connectivity index is 2.89. The molecule has 1 atom stereocenters. The van der Waals surface area contributed by atoms with E-state index in [0.717, 1.165) is 6.54 Å². The van der Waals surface area contributed by atoms with Crippen LogP contribution in [-0.4, -0.2) is 40.0 Å². The van der Waals surface area contributed by atoms with Crippen LogP contribution in [-0.2, 0) is 9.47 Å². The van der Waals surface area contributed by atoms with Crippen LogP contribution in [0.5, 0.6) is 0 Å². The van der Waals surface area contributed by atoms with Gasteiger partial charge in [0.2, 0.25) is 0 Å². The number of nitrogens with one attached hydrogen (secondary N) is 2. The van der Waals surface area contributed by atoms with E-state index in [-0.39, 0.29) is 6.10 Å². The minimum atomic E-state index is 0.185. The topological polar surface area (TPSA) is 42.5 Å². The van der Waals surface area contributed by atoms with E-state index in [4.69, 9.17) is 9.47 Å². The molecule has 0 saturated heterocycles. The number of hydrogen-bond acceptors (Lipinski definition) is 4. The first-order chi connectivity index (χ1) is 5.31. The van der Waals surface area contributed by atoms with Gasteiger partial charge in [-0.1, -0.05) is 0 Å². The Morgan fingerprint density at radius 1 is 1.45 bits per heavy atom. The van der Waals surface area contributed by atoms with Gasteiger partial charge in [0, 0.05) is 13.7 Å². The highest BCUT2D eigenvalue weighted by molar-refractivity contribution is 4.45. The molecule has 0 aliphatic rings. The highest BCUT2D eigenvalue weighted by Gasteiger charge is 1.97. The molecule has 0 aromatic carbocycles. The second kappa shape index (κ2) is 7.94.